The van der Waals surface area contributed by atoms with Crippen molar-refractivity contribution in [2.75, 3.05) is 13.7 Å². The standard InChI is InChI=1S/C25H26Br3N3O5/c1-6-13(3)23-30-18-9-8-16(26)11-17(18)24(32)31(23)29-12-15-10-19(35-7-2)22(21(28)20(15)27)36-14(4)25(33)34-5/h8-14H,6-7H2,1-5H3/t13-,14+/m1/s1. The first-order chi connectivity index (χ1) is 17.1. The Morgan fingerprint density at radius 1 is 1.17 bits per heavy atom. The fourth-order valence-electron chi connectivity index (χ4n) is 3.36. The fourth-order valence-corrected chi connectivity index (χ4v) is 4.64. The summed E-state index contributed by atoms with van der Waals surface area (Å²) in [6.45, 7) is 7.84. The zero-order valence-electron chi connectivity index (χ0n) is 20.5. The third-order valence-corrected chi connectivity index (χ3v) is 8.12. The van der Waals surface area contributed by atoms with Crippen molar-refractivity contribution >= 4 is 70.9 Å². The topological polar surface area (TPSA) is 92.0 Å². The van der Waals surface area contributed by atoms with Crippen LogP contribution in [0.3, 0.4) is 0 Å². The number of rotatable bonds is 9. The SMILES string of the molecule is CCOc1cc(C=Nn2c([C@H](C)CC)nc3ccc(Br)cc3c2=O)c(Br)c(Br)c1O[C@@H](C)C(=O)OC. The van der Waals surface area contributed by atoms with E-state index in [0.29, 0.717) is 49.3 Å². The summed E-state index contributed by atoms with van der Waals surface area (Å²) in [6, 6.07) is 7.14. The van der Waals surface area contributed by atoms with Crippen molar-refractivity contribution in [3.8, 4) is 11.5 Å². The lowest BCUT2D eigenvalue weighted by atomic mass is 10.1. The maximum Gasteiger partial charge on any atom is 0.346 e. The predicted octanol–water partition coefficient (Wildman–Crippen LogP) is 6.42. The van der Waals surface area contributed by atoms with E-state index in [2.05, 4.69) is 52.9 Å². The normalized spacial score (nSPS) is 13.1. The molecule has 2 aromatic carbocycles. The van der Waals surface area contributed by atoms with Crippen molar-refractivity contribution in [2.45, 2.75) is 46.1 Å². The molecule has 0 saturated carbocycles. The van der Waals surface area contributed by atoms with E-state index in [4.69, 9.17) is 19.2 Å². The molecule has 1 aromatic heterocycles. The molecule has 0 N–H and O–H groups in total. The van der Waals surface area contributed by atoms with E-state index in [0.717, 1.165) is 10.9 Å². The molecule has 0 aliphatic heterocycles. The van der Waals surface area contributed by atoms with Crippen LogP contribution in [0.2, 0.25) is 0 Å². The average molecular weight is 688 g/mol. The third-order valence-electron chi connectivity index (χ3n) is 5.48. The number of esters is 1. The van der Waals surface area contributed by atoms with Gasteiger partial charge in [0.15, 0.2) is 17.6 Å². The molecule has 0 fully saturated rings. The predicted molar refractivity (Wildman–Crippen MR) is 151 cm³/mol. The van der Waals surface area contributed by atoms with Crippen LogP contribution in [0.1, 0.15) is 51.4 Å². The quantitative estimate of drug-likeness (QED) is 0.191. The van der Waals surface area contributed by atoms with Crippen LogP contribution in [-0.2, 0) is 9.53 Å². The number of hydrogen-bond acceptors (Lipinski definition) is 7. The first-order valence-electron chi connectivity index (χ1n) is 11.3. The van der Waals surface area contributed by atoms with Crippen molar-refractivity contribution in [3.05, 3.63) is 59.4 Å². The van der Waals surface area contributed by atoms with Crippen molar-refractivity contribution < 1.29 is 19.0 Å². The van der Waals surface area contributed by atoms with Crippen LogP contribution in [0.15, 0.2) is 47.6 Å². The van der Waals surface area contributed by atoms with E-state index in [1.807, 2.05) is 32.9 Å². The first-order valence-corrected chi connectivity index (χ1v) is 13.7. The molecule has 3 aromatic rings. The molecule has 0 aliphatic carbocycles. The molecular formula is C25H26Br3N3O5. The van der Waals surface area contributed by atoms with Crippen molar-refractivity contribution in [1.82, 2.24) is 9.66 Å². The van der Waals surface area contributed by atoms with Crippen LogP contribution in [-0.4, -0.2) is 41.7 Å². The molecule has 8 nitrogen and oxygen atoms in total. The number of carbonyl (C=O) groups is 1. The molecule has 2 atom stereocenters. The lowest BCUT2D eigenvalue weighted by molar-refractivity contribution is -0.148. The maximum atomic E-state index is 13.4. The van der Waals surface area contributed by atoms with Crippen molar-refractivity contribution in [2.24, 2.45) is 5.10 Å². The molecule has 0 amide bonds. The van der Waals surface area contributed by atoms with E-state index in [1.165, 1.54) is 11.8 Å². The number of halogens is 3. The van der Waals surface area contributed by atoms with Crippen molar-refractivity contribution in [1.29, 1.82) is 0 Å². The van der Waals surface area contributed by atoms with E-state index >= 15 is 0 Å². The Morgan fingerprint density at radius 3 is 2.53 bits per heavy atom. The zero-order chi connectivity index (χ0) is 26.6. The molecule has 0 radical (unpaired) electrons. The lowest BCUT2D eigenvalue weighted by Crippen LogP contribution is -2.25. The van der Waals surface area contributed by atoms with Gasteiger partial charge in [0.2, 0.25) is 0 Å². The Bertz CT molecular complexity index is 1370. The van der Waals surface area contributed by atoms with Gasteiger partial charge in [-0.05, 0) is 76.4 Å². The first kappa shape index (κ1) is 28.3. The second kappa shape index (κ2) is 12.3. The van der Waals surface area contributed by atoms with Gasteiger partial charge in [0.25, 0.3) is 5.56 Å². The second-order valence-electron chi connectivity index (χ2n) is 7.94. The maximum absolute atomic E-state index is 13.4. The molecule has 0 aliphatic rings. The Hall–Kier alpha value is -2.24. The Balaban J connectivity index is 2.15. The molecule has 11 heteroatoms. The number of nitrogens with zero attached hydrogens (tertiary/aromatic N) is 3. The van der Waals surface area contributed by atoms with Gasteiger partial charge in [0.05, 0.1) is 35.3 Å². The minimum absolute atomic E-state index is 0.00708. The van der Waals surface area contributed by atoms with Gasteiger partial charge in [-0.25, -0.2) is 9.78 Å². The highest BCUT2D eigenvalue weighted by Crippen LogP contribution is 2.43. The largest absolute Gasteiger partial charge is 0.490 e. The summed E-state index contributed by atoms with van der Waals surface area (Å²) in [7, 11) is 1.30. The van der Waals surface area contributed by atoms with E-state index in [-0.39, 0.29) is 11.5 Å². The molecule has 0 unspecified atom stereocenters. The highest BCUT2D eigenvalue weighted by molar-refractivity contribution is 9.13. The van der Waals surface area contributed by atoms with Gasteiger partial charge in [0.1, 0.15) is 5.82 Å². The number of ether oxygens (including phenoxy) is 3. The van der Waals surface area contributed by atoms with Gasteiger partial charge in [-0.1, -0.05) is 29.8 Å². The highest BCUT2D eigenvalue weighted by atomic mass is 79.9. The summed E-state index contributed by atoms with van der Waals surface area (Å²) in [5, 5.41) is 5.00. The minimum atomic E-state index is -0.850. The highest BCUT2D eigenvalue weighted by Gasteiger charge is 2.23. The molecule has 192 valence electrons. The van der Waals surface area contributed by atoms with Crippen LogP contribution in [0.4, 0.5) is 0 Å². The summed E-state index contributed by atoms with van der Waals surface area (Å²) in [5.41, 5.74) is 0.980. The van der Waals surface area contributed by atoms with Crippen LogP contribution in [0.25, 0.3) is 10.9 Å². The summed E-state index contributed by atoms with van der Waals surface area (Å²) in [5.74, 6) is 0.806. The Morgan fingerprint density at radius 2 is 1.89 bits per heavy atom. The van der Waals surface area contributed by atoms with Gasteiger partial charge in [-0.3, -0.25) is 4.79 Å². The molecule has 36 heavy (non-hydrogen) atoms. The van der Waals surface area contributed by atoms with E-state index in [9.17, 15) is 9.59 Å². The minimum Gasteiger partial charge on any atom is -0.490 e. The van der Waals surface area contributed by atoms with Crippen LogP contribution >= 0.6 is 47.8 Å². The van der Waals surface area contributed by atoms with Gasteiger partial charge >= 0.3 is 5.97 Å². The van der Waals surface area contributed by atoms with Crippen LogP contribution in [0, 0.1) is 0 Å². The van der Waals surface area contributed by atoms with Gasteiger partial charge in [-0.2, -0.15) is 9.78 Å². The molecule has 3 rings (SSSR count). The number of methoxy groups -OCH3 is 1. The van der Waals surface area contributed by atoms with Gasteiger partial charge in [0, 0.05) is 20.4 Å². The summed E-state index contributed by atoms with van der Waals surface area (Å²) in [6.07, 6.45) is 1.50. The van der Waals surface area contributed by atoms with Crippen molar-refractivity contribution in [3.63, 3.8) is 0 Å². The van der Waals surface area contributed by atoms with E-state index < -0.39 is 12.1 Å². The molecule has 1 heterocycles. The Labute approximate surface area is 234 Å². The van der Waals surface area contributed by atoms with Crippen LogP contribution in [0.5, 0.6) is 11.5 Å². The van der Waals surface area contributed by atoms with Crippen LogP contribution < -0.4 is 15.0 Å². The average Bonchev–Trinajstić information content (AvgIpc) is 2.87. The third kappa shape index (κ3) is 6.00. The van der Waals surface area contributed by atoms with E-state index in [1.54, 1.807) is 25.3 Å². The number of fused-ring (bicyclic) bond motifs is 1. The molecule has 0 bridgehead atoms. The molecule has 0 saturated heterocycles. The van der Waals surface area contributed by atoms with Gasteiger partial charge in [-0.15, -0.1) is 0 Å². The number of benzene rings is 2. The summed E-state index contributed by atoms with van der Waals surface area (Å²) in [4.78, 5) is 30.0. The second-order valence-corrected chi connectivity index (χ2v) is 10.4. The Kier molecular flexibility index (Phi) is 9.71. The monoisotopic (exact) mass is 685 g/mol. The fraction of sp³-hybridized carbons (Fsp3) is 0.360. The molecular weight excluding hydrogens is 662 g/mol. The zero-order valence-corrected chi connectivity index (χ0v) is 25.2. The summed E-state index contributed by atoms with van der Waals surface area (Å²) < 4.78 is 19.6. The lowest BCUT2D eigenvalue weighted by Gasteiger charge is -2.19. The number of hydrogen-bond donors (Lipinski definition) is 0. The number of aromatic nitrogens is 2. The molecule has 0 spiro atoms. The summed E-state index contributed by atoms with van der Waals surface area (Å²) >= 11 is 10.5. The smallest absolute Gasteiger partial charge is 0.346 e. The van der Waals surface area contributed by atoms with Gasteiger partial charge < -0.3 is 14.2 Å². The number of carbonyl (C=O) groups excluding carboxylic acids is 1.